The number of hydrogen-bond donors (Lipinski definition) is 2. The predicted octanol–water partition coefficient (Wildman–Crippen LogP) is 2.68. The largest absolute Gasteiger partial charge is 0.397 e. The molecule has 0 atom stereocenters. The van der Waals surface area contributed by atoms with Crippen LogP contribution in [0.3, 0.4) is 0 Å². The molecule has 5 heteroatoms. The molecule has 2 aromatic rings. The van der Waals surface area contributed by atoms with Crippen LogP contribution in [-0.4, -0.2) is 15.2 Å². The van der Waals surface area contributed by atoms with Gasteiger partial charge in [-0.05, 0) is 24.1 Å². The molecule has 4 nitrogen and oxygen atoms in total. The van der Waals surface area contributed by atoms with Crippen LogP contribution in [0.25, 0.3) is 11.0 Å². The van der Waals surface area contributed by atoms with Gasteiger partial charge in [-0.1, -0.05) is 13.8 Å². The second-order valence-corrected chi connectivity index (χ2v) is 5.11. The van der Waals surface area contributed by atoms with Crippen molar-refractivity contribution in [3.63, 3.8) is 0 Å². The van der Waals surface area contributed by atoms with Crippen molar-refractivity contribution in [2.45, 2.75) is 19.1 Å². The van der Waals surface area contributed by atoms with Gasteiger partial charge in [0.15, 0.2) is 0 Å². The molecule has 0 aliphatic heterocycles. The Morgan fingerprint density at radius 2 is 2.00 bits per heavy atom. The van der Waals surface area contributed by atoms with Crippen molar-refractivity contribution in [2.24, 2.45) is 0 Å². The Kier molecular flexibility index (Phi) is 3.14. The minimum absolute atomic E-state index is 0.478. The molecule has 0 fully saturated rings. The van der Waals surface area contributed by atoms with E-state index in [0.717, 1.165) is 16.7 Å². The van der Waals surface area contributed by atoms with Crippen LogP contribution in [0.15, 0.2) is 24.5 Å². The van der Waals surface area contributed by atoms with Crippen LogP contribution >= 0.6 is 11.9 Å². The maximum absolute atomic E-state index is 5.93. The molecule has 1 aromatic carbocycles. The Bertz CT molecular complexity index is 498. The molecule has 16 heavy (non-hydrogen) atoms. The smallest absolute Gasteiger partial charge is 0.115 e. The number of aromatic nitrogens is 2. The van der Waals surface area contributed by atoms with Crippen LogP contribution in [0.4, 0.5) is 11.4 Å². The van der Waals surface area contributed by atoms with Gasteiger partial charge >= 0.3 is 0 Å². The molecule has 1 aromatic heterocycles. The number of rotatable bonds is 3. The molecule has 0 radical (unpaired) electrons. The number of anilines is 2. The number of nitrogens with two attached hydrogens (primary N) is 1. The lowest BCUT2D eigenvalue weighted by atomic mass is 10.2. The average Bonchev–Trinajstić information content (AvgIpc) is 2.27. The van der Waals surface area contributed by atoms with Gasteiger partial charge < -0.3 is 10.5 Å². The third-order valence-electron chi connectivity index (χ3n) is 2.07. The SMILES string of the molecule is CC(C)SNc1c(N)ccc2nccnc12. The predicted molar refractivity (Wildman–Crippen MR) is 70.3 cm³/mol. The van der Waals surface area contributed by atoms with E-state index in [2.05, 4.69) is 28.5 Å². The van der Waals surface area contributed by atoms with Gasteiger partial charge in [0.05, 0.1) is 16.9 Å². The first-order valence-electron chi connectivity index (χ1n) is 5.09. The van der Waals surface area contributed by atoms with Crippen LogP contribution < -0.4 is 10.5 Å². The van der Waals surface area contributed by atoms with E-state index in [0.29, 0.717) is 10.9 Å². The molecule has 0 saturated carbocycles. The third kappa shape index (κ3) is 2.19. The first-order chi connectivity index (χ1) is 7.68. The van der Waals surface area contributed by atoms with Gasteiger partial charge in [0, 0.05) is 17.6 Å². The monoisotopic (exact) mass is 234 g/mol. The number of nitrogens with one attached hydrogen (secondary N) is 1. The van der Waals surface area contributed by atoms with E-state index in [1.807, 2.05) is 12.1 Å². The Morgan fingerprint density at radius 3 is 2.75 bits per heavy atom. The van der Waals surface area contributed by atoms with Crippen molar-refractivity contribution in [3.8, 4) is 0 Å². The van der Waals surface area contributed by atoms with Gasteiger partial charge in [0.1, 0.15) is 5.52 Å². The van der Waals surface area contributed by atoms with E-state index in [-0.39, 0.29) is 0 Å². The molecule has 0 amide bonds. The second kappa shape index (κ2) is 4.57. The second-order valence-electron chi connectivity index (χ2n) is 3.72. The quantitative estimate of drug-likeness (QED) is 0.631. The number of nitrogens with zero attached hydrogens (tertiary/aromatic N) is 2. The maximum Gasteiger partial charge on any atom is 0.115 e. The molecule has 1 heterocycles. The topological polar surface area (TPSA) is 63.8 Å². The van der Waals surface area contributed by atoms with Crippen molar-refractivity contribution in [2.75, 3.05) is 10.5 Å². The average molecular weight is 234 g/mol. The highest BCUT2D eigenvalue weighted by Gasteiger charge is 2.07. The van der Waals surface area contributed by atoms with Crippen LogP contribution in [0.2, 0.25) is 0 Å². The summed E-state index contributed by atoms with van der Waals surface area (Å²) in [6, 6.07) is 3.73. The lowest BCUT2D eigenvalue weighted by Crippen LogP contribution is -2.00. The summed E-state index contributed by atoms with van der Waals surface area (Å²) in [5.41, 5.74) is 9.14. The van der Waals surface area contributed by atoms with Gasteiger partial charge in [0.25, 0.3) is 0 Å². The zero-order chi connectivity index (χ0) is 11.5. The molecule has 3 N–H and O–H groups in total. The van der Waals surface area contributed by atoms with E-state index in [1.165, 1.54) is 0 Å². The lowest BCUT2D eigenvalue weighted by Gasteiger charge is -2.12. The molecular weight excluding hydrogens is 220 g/mol. The molecule has 0 spiro atoms. The molecule has 0 aliphatic carbocycles. The number of fused-ring (bicyclic) bond motifs is 1. The standard InChI is InChI=1S/C11H14N4S/c1-7(2)16-15-10-8(12)3-4-9-11(10)14-6-5-13-9/h3-7,15H,12H2,1-2H3. The molecule has 84 valence electrons. The summed E-state index contributed by atoms with van der Waals surface area (Å²) in [4.78, 5) is 8.54. The fourth-order valence-electron chi connectivity index (χ4n) is 1.34. The Morgan fingerprint density at radius 1 is 1.25 bits per heavy atom. The number of benzene rings is 1. The van der Waals surface area contributed by atoms with Gasteiger partial charge in [-0.25, -0.2) is 0 Å². The summed E-state index contributed by atoms with van der Waals surface area (Å²) >= 11 is 1.62. The van der Waals surface area contributed by atoms with Crippen molar-refractivity contribution in [3.05, 3.63) is 24.5 Å². The summed E-state index contributed by atoms with van der Waals surface area (Å²) < 4.78 is 3.24. The highest BCUT2D eigenvalue weighted by atomic mass is 32.2. The molecular formula is C11H14N4S. The van der Waals surface area contributed by atoms with Crippen LogP contribution in [0, 0.1) is 0 Å². The van der Waals surface area contributed by atoms with E-state index in [4.69, 9.17) is 5.73 Å². The highest BCUT2D eigenvalue weighted by Crippen LogP contribution is 2.29. The Labute approximate surface area is 98.8 Å². The summed E-state index contributed by atoms with van der Waals surface area (Å²) in [5.74, 6) is 0. The highest BCUT2D eigenvalue weighted by molar-refractivity contribution is 8.01. The van der Waals surface area contributed by atoms with Crippen LogP contribution in [0.5, 0.6) is 0 Å². The fourth-order valence-corrected chi connectivity index (χ4v) is 1.90. The Hall–Kier alpha value is -1.49. The van der Waals surface area contributed by atoms with E-state index in [1.54, 1.807) is 24.3 Å². The van der Waals surface area contributed by atoms with Crippen molar-refractivity contribution in [1.29, 1.82) is 0 Å². The Balaban J connectivity index is 2.44. The van der Waals surface area contributed by atoms with Gasteiger partial charge in [-0.2, -0.15) is 0 Å². The zero-order valence-electron chi connectivity index (χ0n) is 9.27. The summed E-state index contributed by atoms with van der Waals surface area (Å²) in [5, 5.41) is 0.478. The van der Waals surface area contributed by atoms with E-state index >= 15 is 0 Å². The molecule has 0 saturated heterocycles. The van der Waals surface area contributed by atoms with Gasteiger partial charge in [0.2, 0.25) is 0 Å². The number of nitrogen functional groups attached to an aromatic ring is 1. The molecule has 0 bridgehead atoms. The summed E-state index contributed by atoms with van der Waals surface area (Å²) in [7, 11) is 0. The minimum atomic E-state index is 0.478. The van der Waals surface area contributed by atoms with Crippen LogP contribution in [0.1, 0.15) is 13.8 Å². The first-order valence-corrected chi connectivity index (χ1v) is 5.97. The van der Waals surface area contributed by atoms with Gasteiger partial charge in [-0.3, -0.25) is 9.97 Å². The van der Waals surface area contributed by atoms with Crippen molar-refractivity contribution >= 4 is 34.4 Å². The van der Waals surface area contributed by atoms with Crippen molar-refractivity contribution < 1.29 is 0 Å². The minimum Gasteiger partial charge on any atom is -0.397 e. The summed E-state index contributed by atoms with van der Waals surface area (Å²) in [6.07, 6.45) is 3.35. The molecule has 0 aliphatic rings. The molecule has 2 rings (SSSR count). The first kappa shape index (κ1) is 11.0. The number of hydrogen-bond acceptors (Lipinski definition) is 5. The van der Waals surface area contributed by atoms with E-state index < -0.39 is 0 Å². The van der Waals surface area contributed by atoms with E-state index in [9.17, 15) is 0 Å². The maximum atomic E-state index is 5.93. The normalized spacial score (nSPS) is 10.9. The zero-order valence-corrected chi connectivity index (χ0v) is 10.1. The third-order valence-corrected chi connectivity index (χ3v) is 2.86. The van der Waals surface area contributed by atoms with Crippen LogP contribution in [-0.2, 0) is 0 Å². The summed E-state index contributed by atoms with van der Waals surface area (Å²) in [6.45, 7) is 4.23. The molecule has 0 unspecified atom stereocenters. The lowest BCUT2D eigenvalue weighted by molar-refractivity contribution is 1.12. The van der Waals surface area contributed by atoms with Gasteiger partial charge in [-0.15, -0.1) is 0 Å². The fraction of sp³-hybridized carbons (Fsp3) is 0.273. The van der Waals surface area contributed by atoms with Crippen molar-refractivity contribution in [1.82, 2.24) is 9.97 Å².